The van der Waals surface area contributed by atoms with E-state index in [1.807, 2.05) is 21.1 Å². The van der Waals surface area contributed by atoms with E-state index in [1.165, 1.54) is 141 Å². The van der Waals surface area contributed by atoms with Crippen LogP contribution in [0.5, 0.6) is 0 Å². The zero-order valence-electron chi connectivity index (χ0n) is 38.0. The Balaban J connectivity index is 4.02. The standard InChI is InChI=1S/C48H91NO8/c1-6-8-10-12-13-14-15-16-17-18-19-20-21-22-23-24-25-26-27-28-29-30-31-32-33-35-37-39-46(51)57-44(42-55-45(50)38-36-34-11-9-7-2)43-56-48(47(52)53)54-41-40-49(3,4)5/h18-19,44,48H,6-17,20-43H2,1-5H3/b19-18-. The minimum Gasteiger partial charge on any atom is -0.545 e. The molecule has 0 aromatic carbocycles. The summed E-state index contributed by atoms with van der Waals surface area (Å²) in [5, 5.41) is 11.6. The summed E-state index contributed by atoms with van der Waals surface area (Å²) in [5.74, 6) is -2.29. The molecule has 0 saturated heterocycles. The van der Waals surface area contributed by atoms with E-state index in [-0.39, 0.29) is 32.2 Å². The number of likely N-dealkylation sites (N-methyl/N-ethyl adjacent to an activating group) is 1. The highest BCUT2D eigenvalue weighted by molar-refractivity contribution is 5.70. The van der Waals surface area contributed by atoms with Crippen LogP contribution in [0.2, 0.25) is 0 Å². The molecule has 0 N–H and O–H groups in total. The molecule has 0 spiro atoms. The second-order valence-electron chi connectivity index (χ2n) is 17.4. The summed E-state index contributed by atoms with van der Waals surface area (Å²) >= 11 is 0. The molecule has 0 radical (unpaired) electrons. The molecule has 9 heteroatoms. The van der Waals surface area contributed by atoms with Crippen molar-refractivity contribution in [2.45, 2.75) is 232 Å². The van der Waals surface area contributed by atoms with Crippen LogP contribution in [0.25, 0.3) is 0 Å². The van der Waals surface area contributed by atoms with E-state index in [9.17, 15) is 19.5 Å². The number of allylic oxidation sites excluding steroid dienone is 2. The van der Waals surface area contributed by atoms with Gasteiger partial charge in [0.1, 0.15) is 13.2 Å². The van der Waals surface area contributed by atoms with Crippen LogP contribution >= 0.6 is 0 Å². The fourth-order valence-corrected chi connectivity index (χ4v) is 6.77. The lowest BCUT2D eigenvalue weighted by atomic mass is 10.0. The first kappa shape index (κ1) is 55.0. The zero-order valence-corrected chi connectivity index (χ0v) is 38.0. The first-order valence-electron chi connectivity index (χ1n) is 23.8. The van der Waals surface area contributed by atoms with Crippen molar-refractivity contribution in [3.63, 3.8) is 0 Å². The molecule has 0 saturated carbocycles. The molecule has 0 aliphatic heterocycles. The van der Waals surface area contributed by atoms with Crippen LogP contribution in [0.1, 0.15) is 219 Å². The maximum Gasteiger partial charge on any atom is 0.306 e. The molecule has 0 heterocycles. The number of hydrogen-bond acceptors (Lipinski definition) is 8. The highest BCUT2D eigenvalue weighted by Crippen LogP contribution is 2.16. The van der Waals surface area contributed by atoms with Gasteiger partial charge in [0.25, 0.3) is 0 Å². The van der Waals surface area contributed by atoms with E-state index in [1.54, 1.807) is 0 Å². The Morgan fingerprint density at radius 1 is 0.509 bits per heavy atom. The molecule has 0 rings (SSSR count). The minimum atomic E-state index is -1.61. The molecule has 336 valence electrons. The third-order valence-corrected chi connectivity index (χ3v) is 10.5. The number of hydrogen-bond donors (Lipinski definition) is 0. The first-order chi connectivity index (χ1) is 27.6. The summed E-state index contributed by atoms with van der Waals surface area (Å²) in [6, 6.07) is 0. The number of carboxylic acids is 1. The van der Waals surface area contributed by atoms with E-state index in [0.717, 1.165) is 51.4 Å². The Morgan fingerprint density at radius 2 is 0.895 bits per heavy atom. The van der Waals surface area contributed by atoms with Gasteiger partial charge in [0, 0.05) is 12.8 Å². The van der Waals surface area contributed by atoms with Crippen LogP contribution in [0, 0.1) is 0 Å². The molecule has 0 aromatic rings. The predicted molar refractivity (Wildman–Crippen MR) is 233 cm³/mol. The number of ether oxygens (including phenoxy) is 4. The number of esters is 2. The quantitative estimate of drug-likeness (QED) is 0.0197. The minimum absolute atomic E-state index is 0.151. The number of nitrogens with zero attached hydrogens (tertiary/aromatic N) is 1. The molecule has 0 bridgehead atoms. The number of carbonyl (C=O) groups is 3. The van der Waals surface area contributed by atoms with Gasteiger partial charge in [-0.2, -0.15) is 0 Å². The lowest BCUT2D eigenvalue weighted by molar-refractivity contribution is -0.870. The average molecular weight is 810 g/mol. The van der Waals surface area contributed by atoms with E-state index in [4.69, 9.17) is 18.9 Å². The molecule has 0 aromatic heterocycles. The van der Waals surface area contributed by atoms with E-state index in [2.05, 4.69) is 26.0 Å². The van der Waals surface area contributed by atoms with Crippen molar-refractivity contribution in [1.82, 2.24) is 0 Å². The molecule has 0 amide bonds. The Kier molecular flexibility index (Phi) is 39.4. The maximum absolute atomic E-state index is 12.7. The van der Waals surface area contributed by atoms with Crippen LogP contribution in [-0.2, 0) is 33.3 Å². The van der Waals surface area contributed by atoms with Crippen LogP contribution in [0.15, 0.2) is 12.2 Å². The largest absolute Gasteiger partial charge is 0.545 e. The number of rotatable bonds is 44. The van der Waals surface area contributed by atoms with E-state index in [0.29, 0.717) is 17.4 Å². The van der Waals surface area contributed by atoms with Crippen molar-refractivity contribution < 1.29 is 42.9 Å². The van der Waals surface area contributed by atoms with Crippen molar-refractivity contribution in [2.75, 3.05) is 47.5 Å². The molecule has 57 heavy (non-hydrogen) atoms. The molecule has 9 nitrogen and oxygen atoms in total. The van der Waals surface area contributed by atoms with Gasteiger partial charge in [-0.15, -0.1) is 0 Å². The zero-order chi connectivity index (χ0) is 42.1. The van der Waals surface area contributed by atoms with Crippen molar-refractivity contribution >= 4 is 17.9 Å². The molecule has 0 fully saturated rings. The van der Waals surface area contributed by atoms with Crippen molar-refractivity contribution in [3.05, 3.63) is 12.2 Å². The molecular weight excluding hydrogens is 719 g/mol. The second kappa shape index (κ2) is 40.8. The molecular formula is C48H91NO8. The fraction of sp³-hybridized carbons (Fsp3) is 0.896. The third kappa shape index (κ3) is 42.0. The smallest absolute Gasteiger partial charge is 0.306 e. The Labute approximate surface area is 351 Å². The second-order valence-corrected chi connectivity index (χ2v) is 17.4. The van der Waals surface area contributed by atoms with Gasteiger partial charge < -0.3 is 33.3 Å². The molecule has 0 aliphatic carbocycles. The van der Waals surface area contributed by atoms with Crippen LogP contribution in [0.4, 0.5) is 0 Å². The van der Waals surface area contributed by atoms with Crippen molar-refractivity contribution in [1.29, 1.82) is 0 Å². The van der Waals surface area contributed by atoms with Crippen LogP contribution < -0.4 is 5.11 Å². The summed E-state index contributed by atoms with van der Waals surface area (Å²) in [5.41, 5.74) is 0. The van der Waals surface area contributed by atoms with E-state index < -0.39 is 24.3 Å². The number of carbonyl (C=O) groups excluding carboxylic acids is 3. The monoisotopic (exact) mass is 810 g/mol. The number of unbranched alkanes of at least 4 members (excludes halogenated alkanes) is 27. The number of carboxylic acid groups (broad SMARTS) is 1. The highest BCUT2D eigenvalue weighted by Gasteiger charge is 2.21. The molecule has 0 aliphatic rings. The van der Waals surface area contributed by atoms with Crippen LogP contribution in [0.3, 0.4) is 0 Å². The lowest BCUT2D eigenvalue weighted by Crippen LogP contribution is -2.44. The van der Waals surface area contributed by atoms with Gasteiger partial charge in [-0.05, 0) is 38.5 Å². The first-order valence-corrected chi connectivity index (χ1v) is 23.8. The van der Waals surface area contributed by atoms with Gasteiger partial charge in [-0.3, -0.25) is 9.59 Å². The van der Waals surface area contributed by atoms with Gasteiger partial charge >= 0.3 is 11.9 Å². The fourth-order valence-electron chi connectivity index (χ4n) is 6.77. The topological polar surface area (TPSA) is 111 Å². The normalized spacial score (nSPS) is 12.9. The number of quaternary nitrogens is 1. The summed E-state index contributed by atoms with van der Waals surface area (Å²) in [4.78, 5) is 36.6. The van der Waals surface area contributed by atoms with Crippen molar-refractivity contribution in [3.8, 4) is 0 Å². The Morgan fingerprint density at radius 3 is 1.30 bits per heavy atom. The number of aliphatic carboxylic acids is 1. The summed E-state index contributed by atoms with van der Waals surface area (Å²) in [6.07, 6.45) is 40.2. The van der Waals surface area contributed by atoms with Gasteiger partial charge in [0.15, 0.2) is 12.4 Å². The highest BCUT2D eigenvalue weighted by atomic mass is 16.7. The van der Waals surface area contributed by atoms with Gasteiger partial charge in [0.05, 0.1) is 40.3 Å². The average Bonchev–Trinajstić information content (AvgIpc) is 3.17. The van der Waals surface area contributed by atoms with Crippen LogP contribution in [-0.4, -0.2) is 82.3 Å². The third-order valence-electron chi connectivity index (χ3n) is 10.5. The van der Waals surface area contributed by atoms with Crippen molar-refractivity contribution in [2.24, 2.45) is 0 Å². The Bertz CT molecular complexity index is 949. The summed E-state index contributed by atoms with van der Waals surface area (Å²) in [6.45, 7) is 4.66. The summed E-state index contributed by atoms with van der Waals surface area (Å²) in [7, 11) is 5.90. The summed E-state index contributed by atoms with van der Waals surface area (Å²) < 4.78 is 22.4. The maximum atomic E-state index is 12.7. The molecule has 2 atom stereocenters. The van der Waals surface area contributed by atoms with Gasteiger partial charge in [0.2, 0.25) is 0 Å². The SMILES string of the molecule is CCCCCCCCCC/C=C\CCCCCCCCCCCCCCCCCC(=O)OC(COC(=O)CCCCCCC)COC(OCC[N+](C)(C)C)C(=O)[O-]. The Hall–Kier alpha value is -1.97. The predicted octanol–water partition coefficient (Wildman–Crippen LogP) is 11.3. The lowest BCUT2D eigenvalue weighted by Gasteiger charge is -2.26. The molecule has 2 unspecified atom stereocenters. The van der Waals surface area contributed by atoms with Gasteiger partial charge in [-0.1, -0.05) is 180 Å². The van der Waals surface area contributed by atoms with Gasteiger partial charge in [-0.25, -0.2) is 0 Å². The van der Waals surface area contributed by atoms with E-state index >= 15 is 0 Å².